The largest absolute Gasteiger partial charge is 0.324 e. The monoisotopic (exact) mass is 180 g/mol. The Morgan fingerprint density at radius 3 is 3.08 bits per heavy atom. The minimum atomic E-state index is 0.560. The van der Waals surface area contributed by atoms with Crippen LogP contribution in [0.25, 0.3) is 0 Å². The van der Waals surface area contributed by atoms with Crippen LogP contribution in [0, 0.1) is 6.92 Å². The Labute approximate surface area is 76.1 Å². The Bertz CT molecular complexity index is 324. The number of anilines is 1. The Morgan fingerprint density at radius 2 is 2.54 bits per heavy atom. The van der Waals surface area contributed by atoms with Crippen LogP contribution < -0.4 is 10.2 Å². The van der Waals surface area contributed by atoms with Gasteiger partial charge in [0.2, 0.25) is 0 Å². The molecule has 5 nitrogen and oxygen atoms in total. The molecule has 3 rings (SSSR count). The van der Waals surface area contributed by atoms with Crippen molar-refractivity contribution >= 4 is 6.01 Å². The zero-order valence-electron chi connectivity index (χ0n) is 7.53. The van der Waals surface area contributed by atoms with Crippen molar-refractivity contribution in [2.24, 2.45) is 0 Å². The van der Waals surface area contributed by atoms with Gasteiger partial charge in [0.15, 0.2) is 5.82 Å². The standard InChI is InChI=1S/C8H12N4O/c1-5-10-8(13-11-5)12-4-6-2-7(12)3-9-6/h6-7,9H,2-4H2,1H3/t6-,7-/m0/s1. The molecule has 2 saturated heterocycles. The van der Waals surface area contributed by atoms with Gasteiger partial charge in [-0.1, -0.05) is 5.16 Å². The van der Waals surface area contributed by atoms with Gasteiger partial charge in [-0.2, -0.15) is 4.98 Å². The number of rotatable bonds is 1. The summed E-state index contributed by atoms with van der Waals surface area (Å²) in [5.74, 6) is 0.714. The lowest BCUT2D eigenvalue weighted by molar-refractivity contribution is 0.399. The molecule has 1 N–H and O–H groups in total. The van der Waals surface area contributed by atoms with Crippen LogP contribution in [0.5, 0.6) is 0 Å². The molecule has 5 heteroatoms. The molecule has 2 bridgehead atoms. The molecule has 13 heavy (non-hydrogen) atoms. The van der Waals surface area contributed by atoms with E-state index in [0.717, 1.165) is 13.1 Å². The fourth-order valence-corrected chi connectivity index (χ4v) is 2.20. The molecule has 1 aromatic heterocycles. The molecule has 0 saturated carbocycles. The molecule has 0 amide bonds. The third-order valence-electron chi connectivity index (χ3n) is 2.82. The van der Waals surface area contributed by atoms with Crippen LogP contribution in [-0.2, 0) is 0 Å². The van der Waals surface area contributed by atoms with Gasteiger partial charge in [-0.25, -0.2) is 0 Å². The Morgan fingerprint density at radius 1 is 1.62 bits per heavy atom. The van der Waals surface area contributed by atoms with Gasteiger partial charge in [0, 0.05) is 25.2 Å². The van der Waals surface area contributed by atoms with Gasteiger partial charge in [-0.3, -0.25) is 0 Å². The lowest BCUT2D eigenvalue weighted by atomic mass is 10.2. The lowest BCUT2D eigenvalue weighted by Crippen LogP contribution is -2.43. The molecular weight excluding hydrogens is 168 g/mol. The van der Waals surface area contributed by atoms with E-state index in [-0.39, 0.29) is 0 Å². The van der Waals surface area contributed by atoms with Crippen molar-refractivity contribution in [3.63, 3.8) is 0 Å². The topological polar surface area (TPSA) is 54.2 Å². The molecule has 0 unspecified atom stereocenters. The van der Waals surface area contributed by atoms with Crippen molar-refractivity contribution in [3.05, 3.63) is 5.82 Å². The van der Waals surface area contributed by atoms with Crippen molar-refractivity contribution in [2.45, 2.75) is 25.4 Å². The summed E-state index contributed by atoms with van der Waals surface area (Å²) in [7, 11) is 0. The maximum absolute atomic E-state index is 5.14. The zero-order chi connectivity index (χ0) is 8.84. The van der Waals surface area contributed by atoms with E-state index in [1.165, 1.54) is 6.42 Å². The maximum atomic E-state index is 5.14. The average Bonchev–Trinajstić information content (AvgIpc) is 2.77. The van der Waals surface area contributed by atoms with Gasteiger partial charge in [-0.15, -0.1) is 0 Å². The predicted molar refractivity (Wildman–Crippen MR) is 46.6 cm³/mol. The highest BCUT2D eigenvalue weighted by Gasteiger charge is 2.39. The number of fused-ring (bicyclic) bond motifs is 2. The molecule has 70 valence electrons. The van der Waals surface area contributed by atoms with Gasteiger partial charge in [0.25, 0.3) is 0 Å². The summed E-state index contributed by atoms with van der Waals surface area (Å²) in [5, 5.41) is 7.23. The summed E-state index contributed by atoms with van der Waals surface area (Å²) in [6.07, 6.45) is 1.21. The summed E-state index contributed by atoms with van der Waals surface area (Å²) in [4.78, 5) is 6.44. The second-order valence-electron chi connectivity index (χ2n) is 3.77. The van der Waals surface area contributed by atoms with Crippen molar-refractivity contribution < 1.29 is 4.52 Å². The van der Waals surface area contributed by atoms with Crippen LogP contribution in [0.1, 0.15) is 12.2 Å². The van der Waals surface area contributed by atoms with Crippen LogP contribution in [0.2, 0.25) is 0 Å². The van der Waals surface area contributed by atoms with E-state index in [4.69, 9.17) is 4.52 Å². The summed E-state index contributed by atoms with van der Waals surface area (Å²) >= 11 is 0. The van der Waals surface area contributed by atoms with Crippen LogP contribution in [0.3, 0.4) is 0 Å². The fraction of sp³-hybridized carbons (Fsp3) is 0.750. The molecule has 2 aliphatic heterocycles. The van der Waals surface area contributed by atoms with E-state index in [9.17, 15) is 0 Å². The number of nitrogens with zero attached hydrogens (tertiary/aromatic N) is 3. The predicted octanol–water partition coefficient (Wildman–Crippen LogP) is -0.0715. The van der Waals surface area contributed by atoms with Gasteiger partial charge < -0.3 is 14.7 Å². The third kappa shape index (κ3) is 1.03. The maximum Gasteiger partial charge on any atom is 0.324 e. The lowest BCUT2D eigenvalue weighted by Gasteiger charge is -2.24. The van der Waals surface area contributed by atoms with E-state index in [1.54, 1.807) is 0 Å². The van der Waals surface area contributed by atoms with Crippen molar-refractivity contribution in [2.75, 3.05) is 18.0 Å². The van der Waals surface area contributed by atoms with Crippen LogP contribution >= 0.6 is 0 Å². The summed E-state index contributed by atoms with van der Waals surface area (Å²) in [6.45, 7) is 3.90. The minimum Gasteiger partial charge on any atom is -0.319 e. The van der Waals surface area contributed by atoms with Crippen molar-refractivity contribution in [3.8, 4) is 0 Å². The summed E-state index contributed by atoms with van der Waals surface area (Å²) in [6, 6.07) is 1.87. The summed E-state index contributed by atoms with van der Waals surface area (Å²) in [5.41, 5.74) is 0. The van der Waals surface area contributed by atoms with Gasteiger partial charge in [0.05, 0.1) is 0 Å². The molecule has 0 aromatic carbocycles. The quantitative estimate of drug-likeness (QED) is 0.655. The average molecular weight is 180 g/mol. The van der Waals surface area contributed by atoms with Gasteiger partial charge in [-0.05, 0) is 13.3 Å². The number of hydrogen-bond acceptors (Lipinski definition) is 5. The molecule has 2 atom stereocenters. The molecule has 1 aromatic rings. The molecule has 0 aliphatic carbocycles. The number of hydrogen-bond donors (Lipinski definition) is 1. The first-order chi connectivity index (χ1) is 6.33. The number of nitrogens with one attached hydrogen (secondary N) is 1. The molecular formula is C8H12N4O. The first-order valence-electron chi connectivity index (χ1n) is 4.63. The number of aromatic nitrogens is 2. The first kappa shape index (κ1) is 7.32. The first-order valence-corrected chi connectivity index (χ1v) is 4.63. The van der Waals surface area contributed by atoms with Crippen LogP contribution in [0.4, 0.5) is 6.01 Å². The highest BCUT2D eigenvalue weighted by molar-refractivity contribution is 5.33. The number of piperazine rings is 1. The Hall–Kier alpha value is -1.10. The van der Waals surface area contributed by atoms with Gasteiger partial charge in [0.1, 0.15) is 0 Å². The highest BCUT2D eigenvalue weighted by atomic mass is 16.5. The van der Waals surface area contributed by atoms with Crippen LogP contribution in [-0.4, -0.2) is 35.3 Å². The fourth-order valence-electron chi connectivity index (χ4n) is 2.20. The van der Waals surface area contributed by atoms with E-state index < -0.39 is 0 Å². The minimum absolute atomic E-state index is 0.560. The van der Waals surface area contributed by atoms with Gasteiger partial charge >= 0.3 is 6.01 Å². The SMILES string of the molecule is Cc1noc(N2C[C@@H]3C[C@H]2CN3)n1. The molecule has 3 heterocycles. The highest BCUT2D eigenvalue weighted by Crippen LogP contribution is 2.27. The summed E-state index contributed by atoms with van der Waals surface area (Å²) < 4.78 is 5.14. The zero-order valence-corrected chi connectivity index (χ0v) is 7.53. The van der Waals surface area contributed by atoms with E-state index in [1.807, 2.05) is 6.92 Å². The number of aryl methyl sites for hydroxylation is 1. The smallest absolute Gasteiger partial charge is 0.319 e. The molecule has 2 aliphatic rings. The van der Waals surface area contributed by atoms with E-state index in [2.05, 4.69) is 20.4 Å². The third-order valence-corrected chi connectivity index (χ3v) is 2.82. The second-order valence-corrected chi connectivity index (χ2v) is 3.77. The van der Waals surface area contributed by atoms with E-state index >= 15 is 0 Å². The van der Waals surface area contributed by atoms with Crippen molar-refractivity contribution in [1.82, 2.24) is 15.5 Å². The van der Waals surface area contributed by atoms with E-state index in [0.29, 0.717) is 23.9 Å². The Kier molecular flexibility index (Phi) is 1.38. The van der Waals surface area contributed by atoms with Crippen LogP contribution in [0.15, 0.2) is 4.52 Å². The second kappa shape index (κ2) is 2.45. The normalized spacial score (nSPS) is 31.6. The van der Waals surface area contributed by atoms with Crippen molar-refractivity contribution in [1.29, 1.82) is 0 Å². The molecule has 0 spiro atoms. The Balaban J connectivity index is 1.87. The molecule has 0 radical (unpaired) electrons. The molecule has 2 fully saturated rings.